The van der Waals surface area contributed by atoms with Gasteiger partial charge in [-0.25, -0.2) is 9.97 Å². The van der Waals surface area contributed by atoms with Gasteiger partial charge in [0, 0.05) is 16.6 Å². The Kier molecular flexibility index (Phi) is 4.38. The van der Waals surface area contributed by atoms with E-state index in [9.17, 15) is 18.0 Å². The number of halogens is 3. The van der Waals surface area contributed by atoms with E-state index in [1.807, 2.05) is 6.92 Å². The molecule has 0 aliphatic rings. The fourth-order valence-electron chi connectivity index (χ4n) is 2.77. The molecule has 28 heavy (non-hydrogen) atoms. The molecule has 142 valence electrons. The molecule has 0 bridgehead atoms. The van der Waals surface area contributed by atoms with Crippen molar-refractivity contribution in [2.75, 3.05) is 5.32 Å². The predicted octanol–water partition coefficient (Wildman–Crippen LogP) is 5.27. The number of aromatic amines is 1. The molecule has 0 saturated carbocycles. The number of aryl methyl sites for hydroxylation is 1. The second-order valence-corrected chi connectivity index (χ2v) is 7.33. The normalized spacial score (nSPS) is 11.7. The molecular weight excluding hydrogens is 389 g/mol. The number of nitrogens with one attached hydrogen (secondary N) is 2. The molecule has 0 fully saturated rings. The van der Waals surface area contributed by atoms with E-state index in [1.54, 1.807) is 24.4 Å². The molecule has 4 rings (SSSR count). The Hall–Kier alpha value is -3.20. The predicted molar refractivity (Wildman–Crippen MR) is 101 cm³/mol. The lowest BCUT2D eigenvalue weighted by Gasteiger charge is -2.07. The van der Waals surface area contributed by atoms with Gasteiger partial charge in [0.15, 0.2) is 5.13 Å². The Labute approximate surface area is 161 Å². The maximum absolute atomic E-state index is 13.0. The first-order valence-electron chi connectivity index (χ1n) is 8.21. The Morgan fingerprint density at radius 2 is 1.96 bits per heavy atom. The average Bonchev–Trinajstić information content (AvgIpc) is 3.26. The lowest BCUT2D eigenvalue weighted by Crippen LogP contribution is -2.12. The quantitative estimate of drug-likeness (QED) is 0.491. The first kappa shape index (κ1) is 18.2. The molecule has 0 aliphatic heterocycles. The zero-order valence-electron chi connectivity index (χ0n) is 14.5. The monoisotopic (exact) mass is 402 g/mol. The minimum absolute atomic E-state index is 0.256. The van der Waals surface area contributed by atoms with Crippen LogP contribution >= 0.6 is 11.3 Å². The van der Waals surface area contributed by atoms with Crippen molar-refractivity contribution in [1.82, 2.24) is 15.0 Å². The Balaban J connectivity index is 1.72. The van der Waals surface area contributed by atoms with Crippen molar-refractivity contribution in [3.8, 4) is 11.4 Å². The van der Waals surface area contributed by atoms with E-state index in [4.69, 9.17) is 0 Å². The summed E-state index contributed by atoms with van der Waals surface area (Å²) in [6.07, 6.45) is -2.79. The second kappa shape index (κ2) is 6.75. The third-order valence-corrected chi connectivity index (χ3v) is 4.89. The summed E-state index contributed by atoms with van der Waals surface area (Å²) in [5.41, 5.74) is 0.756. The number of para-hydroxylation sites is 1. The number of amides is 1. The van der Waals surface area contributed by atoms with Gasteiger partial charge in [0.2, 0.25) is 0 Å². The number of hydrogen-bond donors (Lipinski definition) is 2. The van der Waals surface area contributed by atoms with E-state index in [1.165, 1.54) is 23.5 Å². The van der Waals surface area contributed by atoms with Gasteiger partial charge in [-0.05, 0) is 31.2 Å². The number of nitrogens with zero attached hydrogens (tertiary/aromatic N) is 2. The summed E-state index contributed by atoms with van der Waals surface area (Å²) < 4.78 is 38.9. The molecule has 0 aliphatic carbocycles. The van der Waals surface area contributed by atoms with Gasteiger partial charge >= 0.3 is 6.18 Å². The number of aromatic nitrogens is 3. The largest absolute Gasteiger partial charge is 0.416 e. The molecule has 4 aromatic rings. The van der Waals surface area contributed by atoms with E-state index in [0.29, 0.717) is 21.7 Å². The van der Waals surface area contributed by atoms with Gasteiger partial charge < -0.3 is 4.98 Å². The minimum atomic E-state index is -4.45. The summed E-state index contributed by atoms with van der Waals surface area (Å²) in [6.45, 7) is 1.88. The van der Waals surface area contributed by atoms with E-state index in [-0.39, 0.29) is 17.3 Å². The zero-order chi connectivity index (χ0) is 19.9. The molecule has 0 radical (unpaired) electrons. The number of anilines is 1. The molecule has 0 unspecified atom stereocenters. The van der Waals surface area contributed by atoms with Crippen LogP contribution in [0.4, 0.5) is 18.3 Å². The van der Waals surface area contributed by atoms with Crippen molar-refractivity contribution >= 4 is 33.4 Å². The molecule has 0 spiro atoms. The summed E-state index contributed by atoms with van der Waals surface area (Å²) in [5, 5.41) is 3.18. The lowest BCUT2D eigenvalue weighted by molar-refractivity contribution is -0.137. The van der Waals surface area contributed by atoms with Crippen molar-refractivity contribution in [1.29, 1.82) is 0 Å². The summed E-state index contributed by atoms with van der Waals surface area (Å²) in [5.74, 6) is -0.131. The van der Waals surface area contributed by atoms with Crippen LogP contribution in [0.2, 0.25) is 0 Å². The van der Waals surface area contributed by atoms with Gasteiger partial charge in [-0.3, -0.25) is 10.1 Å². The summed E-state index contributed by atoms with van der Waals surface area (Å²) in [7, 11) is 0. The second-order valence-electron chi connectivity index (χ2n) is 6.10. The van der Waals surface area contributed by atoms with Crippen LogP contribution in [-0.2, 0) is 6.18 Å². The molecule has 2 heterocycles. The van der Waals surface area contributed by atoms with E-state index in [2.05, 4.69) is 20.3 Å². The maximum Gasteiger partial charge on any atom is 0.416 e. The standard InChI is InChI=1S/C19H13F3N4OS/c1-10-9-23-18(28-10)26-17(27)13-6-3-7-14-15(13)25-16(24-14)11-4-2-5-12(8-11)19(20,21)22/h2-9H,1H3,(H,24,25)(H,23,26,27). The van der Waals surface area contributed by atoms with Crippen LogP contribution in [-0.4, -0.2) is 20.9 Å². The highest BCUT2D eigenvalue weighted by atomic mass is 32.1. The highest BCUT2D eigenvalue weighted by Crippen LogP contribution is 2.32. The topological polar surface area (TPSA) is 70.7 Å². The number of H-pyrrole nitrogens is 1. The van der Waals surface area contributed by atoms with Gasteiger partial charge in [-0.1, -0.05) is 18.2 Å². The number of hydrogen-bond acceptors (Lipinski definition) is 4. The summed E-state index contributed by atoms with van der Waals surface area (Å²) >= 11 is 1.34. The summed E-state index contributed by atoms with van der Waals surface area (Å²) in [4.78, 5) is 25.0. The zero-order valence-corrected chi connectivity index (χ0v) is 15.3. The molecule has 2 aromatic carbocycles. The van der Waals surface area contributed by atoms with Crippen molar-refractivity contribution in [3.63, 3.8) is 0 Å². The molecule has 2 aromatic heterocycles. The lowest BCUT2D eigenvalue weighted by atomic mass is 10.1. The third kappa shape index (κ3) is 3.48. The number of alkyl halides is 3. The van der Waals surface area contributed by atoms with E-state index >= 15 is 0 Å². The van der Waals surface area contributed by atoms with Gasteiger partial charge in [0.1, 0.15) is 11.3 Å². The van der Waals surface area contributed by atoms with Gasteiger partial charge in [0.05, 0.1) is 16.6 Å². The van der Waals surface area contributed by atoms with Gasteiger partial charge in [-0.2, -0.15) is 13.2 Å². The fraction of sp³-hybridized carbons (Fsp3) is 0.105. The smallest absolute Gasteiger partial charge is 0.338 e. The van der Waals surface area contributed by atoms with Crippen LogP contribution in [0.5, 0.6) is 0 Å². The third-order valence-electron chi connectivity index (χ3n) is 4.06. The Morgan fingerprint density at radius 3 is 2.68 bits per heavy atom. The summed E-state index contributed by atoms with van der Waals surface area (Å²) in [6, 6.07) is 9.88. The molecule has 9 heteroatoms. The highest BCUT2D eigenvalue weighted by molar-refractivity contribution is 7.15. The molecule has 2 N–H and O–H groups in total. The van der Waals surface area contributed by atoms with Crippen molar-refractivity contribution in [2.45, 2.75) is 13.1 Å². The first-order chi connectivity index (χ1) is 13.3. The SMILES string of the molecule is Cc1cnc(NC(=O)c2cccc3[nH]c(-c4cccc(C(F)(F)F)c4)nc23)s1. The number of carbonyl (C=O) groups is 1. The number of carbonyl (C=O) groups excluding carboxylic acids is 1. The van der Waals surface area contributed by atoms with Crippen LogP contribution in [0.3, 0.4) is 0 Å². The fourth-order valence-corrected chi connectivity index (χ4v) is 3.43. The van der Waals surface area contributed by atoms with Crippen LogP contribution in [0.15, 0.2) is 48.7 Å². The number of fused-ring (bicyclic) bond motifs is 1. The average molecular weight is 402 g/mol. The van der Waals surface area contributed by atoms with Crippen LogP contribution in [0.1, 0.15) is 20.8 Å². The van der Waals surface area contributed by atoms with Crippen molar-refractivity contribution < 1.29 is 18.0 Å². The molecule has 0 atom stereocenters. The Bertz CT molecular complexity index is 1180. The molecular formula is C19H13F3N4OS. The van der Waals surface area contributed by atoms with Crippen LogP contribution in [0.25, 0.3) is 22.4 Å². The first-order valence-corrected chi connectivity index (χ1v) is 9.03. The van der Waals surface area contributed by atoms with Crippen LogP contribution < -0.4 is 5.32 Å². The van der Waals surface area contributed by atoms with Gasteiger partial charge in [0.25, 0.3) is 5.91 Å². The van der Waals surface area contributed by atoms with Crippen molar-refractivity contribution in [2.24, 2.45) is 0 Å². The number of benzene rings is 2. The van der Waals surface area contributed by atoms with E-state index in [0.717, 1.165) is 17.0 Å². The van der Waals surface area contributed by atoms with Crippen LogP contribution in [0, 0.1) is 6.92 Å². The highest BCUT2D eigenvalue weighted by Gasteiger charge is 2.30. The molecule has 5 nitrogen and oxygen atoms in total. The number of thiazole rings is 1. The van der Waals surface area contributed by atoms with E-state index < -0.39 is 11.7 Å². The van der Waals surface area contributed by atoms with Crippen molar-refractivity contribution in [3.05, 3.63) is 64.7 Å². The molecule has 0 saturated heterocycles. The van der Waals surface area contributed by atoms with Gasteiger partial charge in [-0.15, -0.1) is 11.3 Å². The Morgan fingerprint density at radius 1 is 1.18 bits per heavy atom. The number of rotatable bonds is 3. The minimum Gasteiger partial charge on any atom is -0.338 e. The maximum atomic E-state index is 13.0. The number of imidazole rings is 1. The molecule has 1 amide bonds.